The van der Waals surface area contributed by atoms with Crippen molar-refractivity contribution < 1.29 is 27.2 Å². The molecule has 0 unspecified atom stereocenters. The first-order valence-electron chi connectivity index (χ1n) is 9.27. The Morgan fingerprint density at radius 2 is 1.65 bits per heavy atom. The molecule has 0 saturated heterocycles. The van der Waals surface area contributed by atoms with Gasteiger partial charge in [-0.2, -0.15) is 13.2 Å². The van der Waals surface area contributed by atoms with Crippen LogP contribution in [0, 0.1) is 12.7 Å². The van der Waals surface area contributed by atoms with Crippen LogP contribution in [0.25, 0.3) is 0 Å². The second-order valence-corrected chi connectivity index (χ2v) is 7.88. The average molecular weight is 450 g/mol. The van der Waals surface area contributed by atoms with Gasteiger partial charge in [-0.15, -0.1) is 11.3 Å². The van der Waals surface area contributed by atoms with Crippen LogP contribution in [0.3, 0.4) is 0 Å². The van der Waals surface area contributed by atoms with E-state index in [-0.39, 0.29) is 11.3 Å². The fourth-order valence-corrected chi connectivity index (χ4v) is 3.95. The smallest absolute Gasteiger partial charge is 0.322 e. The zero-order valence-corrected chi connectivity index (χ0v) is 17.4. The van der Waals surface area contributed by atoms with Crippen LogP contribution in [-0.2, 0) is 12.6 Å². The molecule has 0 bridgehead atoms. The molecule has 0 saturated carbocycles. The number of carbonyl (C=O) groups excluding carboxylic acids is 2. The lowest BCUT2D eigenvalue weighted by Crippen LogP contribution is -2.17. The van der Waals surface area contributed by atoms with Gasteiger partial charge in [-0.1, -0.05) is 6.92 Å². The minimum absolute atomic E-state index is 0.0899. The Balaban J connectivity index is 1.85. The van der Waals surface area contributed by atoms with Crippen molar-refractivity contribution in [2.75, 3.05) is 10.6 Å². The maximum absolute atomic E-state index is 13.6. The van der Waals surface area contributed by atoms with Crippen LogP contribution in [0.1, 0.15) is 43.0 Å². The van der Waals surface area contributed by atoms with Crippen molar-refractivity contribution in [3.8, 4) is 0 Å². The Labute approximate surface area is 179 Å². The van der Waals surface area contributed by atoms with Gasteiger partial charge in [0.1, 0.15) is 5.82 Å². The van der Waals surface area contributed by atoms with Gasteiger partial charge in [0.05, 0.1) is 16.1 Å². The molecule has 162 valence electrons. The van der Waals surface area contributed by atoms with Crippen molar-refractivity contribution in [3.05, 3.63) is 80.8 Å². The van der Waals surface area contributed by atoms with E-state index in [4.69, 9.17) is 0 Å². The van der Waals surface area contributed by atoms with Gasteiger partial charge < -0.3 is 10.6 Å². The number of carbonyl (C=O) groups is 2. The quantitative estimate of drug-likeness (QED) is 0.450. The molecule has 3 rings (SSSR count). The van der Waals surface area contributed by atoms with E-state index >= 15 is 0 Å². The van der Waals surface area contributed by atoms with Gasteiger partial charge in [-0.25, -0.2) is 4.39 Å². The van der Waals surface area contributed by atoms with Gasteiger partial charge in [-0.3, -0.25) is 9.59 Å². The molecule has 0 fully saturated rings. The number of amides is 2. The van der Waals surface area contributed by atoms with Crippen molar-refractivity contribution >= 4 is 34.5 Å². The molecule has 0 aliphatic carbocycles. The third-order valence-corrected chi connectivity index (χ3v) is 5.88. The predicted octanol–water partition coefficient (Wildman–Crippen LogP) is 6.28. The number of benzene rings is 2. The van der Waals surface area contributed by atoms with Crippen molar-refractivity contribution in [1.82, 2.24) is 0 Å². The fourth-order valence-electron chi connectivity index (χ4n) is 2.94. The van der Waals surface area contributed by atoms with Crippen LogP contribution in [0.15, 0.2) is 48.5 Å². The fraction of sp³-hybridized carbons (Fsp3) is 0.182. The maximum atomic E-state index is 13.6. The predicted molar refractivity (Wildman–Crippen MR) is 112 cm³/mol. The Kier molecular flexibility index (Phi) is 6.45. The highest BCUT2D eigenvalue weighted by atomic mass is 32.1. The van der Waals surface area contributed by atoms with Crippen LogP contribution in [-0.4, -0.2) is 11.8 Å². The van der Waals surface area contributed by atoms with Gasteiger partial charge in [0, 0.05) is 16.1 Å². The molecule has 2 amide bonds. The van der Waals surface area contributed by atoms with E-state index in [1.165, 1.54) is 29.5 Å². The molecule has 2 aromatic carbocycles. The summed E-state index contributed by atoms with van der Waals surface area (Å²) >= 11 is 1.23. The molecule has 1 heterocycles. The monoisotopic (exact) mass is 450 g/mol. The Bertz CT molecular complexity index is 1120. The number of aryl methyl sites for hydroxylation is 2. The molecule has 2 N–H and O–H groups in total. The van der Waals surface area contributed by atoms with Gasteiger partial charge in [-0.05, 0) is 67.4 Å². The zero-order chi connectivity index (χ0) is 22.8. The van der Waals surface area contributed by atoms with Crippen molar-refractivity contribution in [3.63, 3.8) is 0 Å². The van der Waals surface area contributed by atoms with Gasteiger partial charge >= 0.3 is 6.18 Å². The Morgan fingerprint density at radius 3 is 2.23 bits per heavy atom. The third kappa shape index (κ3) is 5.29. The maximum Gasteiger partial charge on any atom is 0.418 e. The van der Waals surface area contributed by atoms with E-state index in [0.717, 1.165) is 41.1 Å². The van der Waals surface area contributed by atoms with E-state index in [1.807, 2.05) is 13.8 Å². The normalized spacial score (nSPS) is 11.3. The first kappa shape index (κ1) is 22.5. The minimum atomic E-state index is -4.76. The number of thiophene rings is 1. The Morgan fingerprint density at radius 1 is 0.968 bits per heavy atom. The molecule has 0 atom stereocenters. The zero-order valence-electron chi connectivity index (χ0n) is 16.6. The van der Waals surface area contributed by atoms with Crippen LogP contribution >= 0.6 is 11.3 Å². The standard InChI is InChI=1S/C22H18F4N2O2S/c1-3-18-12(2)10-19(31-18)21(30)28-17-9-8-15(11-16(17)22(24,25)26)27-20(29)13-4-6-14(23)7-5-13/h4-11H,3H2,1-2H3,(H,27,29)(H,28,30). The van der Waals surface area contributed by atoms with E-state index in [0.29, 0.717) is 4.88 Å². The van der Waals surface area contributed by atoms with Crippen LogP contribution < -0.4 is 10.6 Å². The summed E-state index contributed by atoms with van der Waals surface area (Å²) in [5.41, 5.74) is -0.623. The topological polar surface area (TPSA) is 58.2 Å². The molecule has 0 radical (unpaired) electrons. The molecular formula is C22H18F4N2O2S. The van der Waals surface area contributed by atoms with Crippen molar-refractivity contribution in [1.29, 1.82) is 0 Å². The molecule has 31 heavy (non-hydrogen) atoms. The Hall–Kier alpha value is -3.20. The summed E-state index contributed by atoms with van der Waals surface area (Å²) in [5.74, 6) is -1.87. The number of rotatable bonds is 5. The highest BCUT2D eigenvalue weighted by Crippen LogP contribution is 2.37. The highest BCUT2D eigenvalue weighted by molar-refractivity contribution is 7.14. The molecule has 0 aliphatic rings. The molecule has 4 nitrogen and oxygen atoms in total. The molecule has 3 aromatic rings. The summed E-state index contributed by atoms with van der Waals surface area (Å²) in [4.78, 5) is 26.0. The number of halogens is 4. The van der Waals surface area contributed by atoms with E-state index < -0.39 is 35.1 Å². The van der Waals surface area contributed by atoms with E-state index in [2.05, 4.69) is 10.6 Å². The van der Waals surface area contributed by atoms with E-state index in [9.17, 15) is 27.2 Å². The van der Waals surface area contributed by atoms with Gasteiger partial charge in [0.15, 0.2) is 0 Å². The first-order chi connectivity index (χ1) is 14.6. The summed E-state index contributed by atoms with van der Waals surface area (Å²) in [6.45, 7) is 3.77. The summed E-state index contributed by atoms with van der Waals surface area (Å²) < 4.78 is 53.8. The number of anilines is 2. The van der Waals surface area contributed by atoms with Crippen molar-refractivity contribution in [2.24, 2.45) is 0 Å². The lowest BCUT2D eigenvalue weighted by Gasteiger charge is -2.15. The molecule has 9 heteroatoms. The SMILES string of the molecule is CCc1sc(C(=O)Nc2ccc(NC(=O)c3ccc(F)cc3)cc2C(F)(F)F)cc1C. The van der Waals surface area contributed by atoms with Gasteiger partial charge in [0.2, 0.25) is 0 Å². The second-order valence-electron chi connectivity index (χ2n) is 6.74. The summed E-state index contributed by atoms with van der Waals surface area (Å²) in [6, 6.07) is 9.31. The van der Waals surface area contributed by atoms with E-state index in [1.54, 1.807) is 6.07 Å². The molecule has 0 aliphatic heterocycles. The molecular weight excluding hydrogens is 432 g/mol. The number of hydrogen-bond donors (Lipinski definition) is 2. The summed E-state index contributed by atoms with van der Waals surface area (Å²) in [7, 11) is 0. The lowest BCUT2D eigenvalue weighted by atomic mass is 10.1. The van der Waals surface area contributed by atoms with Crippen molar-refractivity contribution in [2.45, 2.75) is 26.4 Å². The average Bonchev–Trinajstić information content (AvgIpc) is 3.09. The third-order valence-electron chi connectivity index (χ3n) is 4.50. The van der Waals surface area contributed by atoms with Gasteiger partial charge in [0.25, 0.3) is 11.8 Å². The molecule has 0 spiro atoms. The van der Waals surface area contributed by atoms with Crippen LogP contribution in [0.2, 0.25) is 0 Å². The number of nitrogens with one attached hydrogen (secondary N) is 2. The lowest BCUT2D eigenvalue weighted by molar-refractivity contribution is -0.136. The van der Waals surface area contributed by atoms with Crippen LogP contribution in [0.5, 0.6) is 0 Å². The first-order valence-corrected chi connectivity index (χ1v) is 10.1. The van der Waals surface area contributed by atoms with Crippen LogP contribution in [0.4, 0.5) is 28.9 Å². The highest BCUT2D eigenvalue weighted by Gasteiger charge is 2.34. The second kappa shape index (κ2) is 8.89. The number of alkyl halides is 3. The minimum Gasteiger partial charge on any atom is -0.322 e. The summed E-state index contributed by atoms with van der Waals surface area (Å²) in [6.07, 6.45) is -4.04. The number of hydrogen-bond acceptors (Lipinski definition) is 3. The molecule has 1 aromatic heterocycles. The summed E-state index contributed by atoms with van der Waals surface area (Å²) in [5, 5.41) is 4.66. The largest absolute Gasteiger partial charge is 0.418 e.